The van der Waals surface area contributed by atoms with Crippen LogP contribution < -0.4 is 4.90 Å². The molecule has 1 amide bonds. The van der Waals surface area contributed by atoms with Crippen molar-refractivity contribution >= 4 is 54.0 Å². The number of aryl methyl sites for hydroxylation is 2. The molecule has 0 N–H and O–H groups in total. The Hall–Kier alpha value is -2.04. The summed E-state index contributed by atoms with van der Waals surface area (Å²) in [6, 6.07) is 9.98. The molecule has 182 valence electrons. The van der Waals surface area contributed by atoms with Crippen LogP contribution >= 0.6 is 22.9 Å². The molecule has 1 saturated heterocycles. The van der Waals surface area contributed by atoms with Crippen molar-refractivity contribution in [1.29, 1.82) is 0 Å². The maximum absolute atomic E-state index is 13.4. The van der Waals surface area contributed by atoms with E-state index in [4.69, 9.17) is 21.3 Å². The Balaban J connectivity index is 1.58. The molecule has 1 fully saturated rings. The molecule has 4 rings (SSSR count). The van der Waals surface area contributed by atoms with Gasteiger partial charge in [-0.1, -0.05) is 29.0 Å². The molecular weight excluding hydrogens is 494 g/mol. The van der Waals surface area contributed by atoms with Crippen LogP contribution in [0.4, 0.5) is 5.13 Å². The number of carbonyl (C=O) groups excluding carboxylic acids is 1. The number of hydrogen-bond acceptors (Lipinski definition) is 7. The molecule has 7 nitrogen and oxygen atoms in total. The van der Waals surface area contributed by atoms with E-state index in [1.807, 2.05) is 19.9 Å². The Morgan fingerprint density at radius 3 is 2.59 bits per heavy atom. The molecule has 1 aliphatic heterocycles. The second-order valence-corrected chi connectivity index (χ2v) is 11.9. The van der Waals surface area contributed by atoms with E-state index in [2.05, 4.69) is 11.0 Å². The van der Waals surface area contributed by atoms with Crippen molar-refractivity contribution in [2.24, 2.45) is 0 Å². The number of halogens is 1. The first-order chi connectivity index (χ1) is 16.2. The molecule has 0 atom stereocenters. The number of aromatic nitrogens is 1. The van der Waals surface area contributed by atoms with Gasteiger partial charge in [-0.05, 0) is 61.7 Å². The number of fused-ring (bicyclic) bond motifs is 1. The van der Waals surface area contributed by atoms with Crippen LogP contribution in [0.15, 0.2) is 41.3 Å². The highest BCUT2D eigenvalue weighted by Gasteiger charge is 2.27. The van der Waals surface area contributed by atoms with E-state index >= 15 is 0 Å². The number of rotatable bonds is 8. The fourth-order valence-corrected chi connectivity index (χ4v) is 6.55. The quantitative estimate of drug-likeness (QED) is 0.444. The van der Waals surface area contributed by atoms with E-state index in [-0.39, 0.29) is 4.90 Å². The lowest BCUT2D eigenvalue weighted by Crippen LogP contribution is -2.40. The van der Waals surface area contributed by atoms with Crippen LogP contribution in [-0.2, 0) is 19.4 Å². The Morgan fingerprint density at radius 2 is 1.88 bits per heavy atom. The number of anilines is 1. The molecule has 3 aromatic rings. The van der Waals surface area contributed by atoms with Crippen LogP contribution in [0.2, 0.25) is 5.02 Å². The predicted octanol–water partition coefficient (Wildman–Crippen LogP) is 4.10. The Labute approximate surface area is 209 Å². The number of amides is 1. The summed E-state index contributed by atoms with van der Waals surface area (Å²) in [6.07, 6.45) is 0.709. The summed E-state index contributed by atoms with van der Waals surface area (Å²) in [4.78, 5) is 22.0. The van der Waals surface area contributed by atoms with E-state index < -0.39 is 21.5 Å². The van der Waals surface area contributed by atoms with Crippen LogP contribution in [0, 0.1) is 13.8 Å². The maximum Gasteiger partial charge on any atom is 0.244 e. The number of morpholine rings is 1. The summed E-state index contributed by atoms with van der Waals surface area (Å²) < 4.78 is 32.3. The SMILES string of the molecule is Cc1cc(C)c2nc(N(CCCN3CCOCC3)C(=O)CS(=O)(=O)c3ccc(Cl)cc3)sc2c1. The Kier molecular flexibility index (Phi) is 7.89. The van der Waals surface area contributed by atoms with E-state index in [1.165, 1.54) is 40.5 Å². The van der Waals surface area contributed by atoms with E-state index in [1.54, 1.807) is 0 Å². The lowest BCUT2D eigenvalue weighted by Gasteiger charge is -2.27. The zero-order chi connectivity index (χ0) is 24.3. The van der Waals surface area contributed by atoms with Gasteiger partial charge in [-0.25, -0.2) is 13.4 Å². The number of thiazole rings is 1. The van der Waals surface area contributed by atoms with E-state index in [0.717, 1.165) is 41.0 Å². The predicted molar refractivity (Wildman–Crippen MR) is 137 cm³/mol. The first-order valence-electron chi connectivity index (χ1n) is 11.2. The normalized spacial score (nSPS) is 15.0. The van der Waals surface area contributed by atoms with Crippen LogP contribution in [0.25, 0.3) is 10.2 Å². The summed E-state index contributed by atoms with van der Waals surface area (Å²) in [5, 5.41) is 0.970. The minimum atomic E-state index is -3.82. The van der Waals surface area contributed by atoms with E-state index in [9.17, 15) is 13.2 Å². The van der Waals surface area contributed by atoms with Gasteiger partial charge in [-0.2, -0.15) is 0 Å². The largest absolute Gasteiger partial charge is 0.379 e. The van der Waals surface area contributed by atoms with Gasteiger partial charge in [-0.15, -0.1) is 0 Å². The molecule has 34 heavy (non-hydrogen) atoms. The summed E-state index contributed by atoms with van der Waals surface area (Å²) in [7, 11) is -3.82. The average Bonchev–Trinajstić information content (AvgIpc) is 3.21. The van der Waals surface area contributed by atoms with Crippen molar-refractivity contribution in [2.45, 2.75) is 25.2 Å². The lowest BCUT2D eigenvalue weighted by atomic mass is 10.1. The molecule has 0 spiro atoms. The number of hydrogen-bond donors (Lipinski definition) is 0. The molecule has 0 saturated carbocycles. The first kappa shape index (κ1) is 25.1. The molecule has 0 unspecified atom stereocenters. The van der Waals surface area contributed by atoms with Gasteiger partial charge >= 0.3 is 0 Å². The van der Waals surface area contributed by atoms with Crippen LogP contribution in [-0.4, -0.2) is 69.4 Å². The average molecular weight is 522 g/mol. The molecule has 0 radical (unpaired) electrons. The monoisotopic (exact) mass is 521 g/mol. The lowest BCUT2D eigenvalue weighted by molar-refractivity contribution is -0.116. The third-order valence-electron chi connectivity index (χ3n) is 5.80. The highest BCUT2D eigenvalue weighted by atomic mass is 35.5. The fraction of sp³-hybridized carbons (Fsp3) is 0.417. The van der Waals surface area contributed by atoms with Gasteiger partial charge in [-0.3, -0.25) is 14.6 Å². The number of sulfone groups is 1. The van der Waals surface area contributed by atoms with Gasteiger partial charge in [0.25, 0.3) is 0 Å². The third kappa shape index (κ3) is 5.95. The summed E-state index contributed by atoms with van der Waals surface area (Å²) in [5.74, 6) is -1.11. The van der Waals surface area contributed by atoms with Gasteiger partial charge in [0.1, 0.15) is 5.75 Å². The number of ether oxygens (including phenoxy) is 1. The first-order valence-corrected chi connectivity index (χ1v) is 14.0. The standard InChI is InChI=1S/C24H28ClN3O4S2/c1-17-14-18(2)23-21(15-17)33-24(26-23)28(9-3-8-27-10-12-32-13-11-27)22(29)16-34(30,31)20-6-4-19(25)5-7-20/h4-7,14-15H,3,8-13,16H2,1-2H3. The van der Waals surface area contributed by atoms with Crippen molar-refractivity contribution < 1.29 is 17.9 Å². The fourth-order valence-electron chi connectivity index (χ4n) is 4.04. The zero-order valence-electron chi connectivity index (χ0n) is 19.3. The molecule has 0 aliphatic carbocycles. The minimum Gasteiger partial charge on any atom is -0.379 e. The Morgan fingerprint density at radius 1 is 1.18 bits per heavy atom. The summed E-state index contributed by atoms with van der Waals surface area (Å²) in [6.45, 7) is 8.35. The van der Waals surface area contributed by atoms with Crippen molar-refractivity contribution in [3.05, 3.63) is 52.5 Å². The molecular formula is C24H28ClN3O4S2. The zero-order valence-corrected chi connectivity index (χ0v) is 21.7. The minimum absolute atomic E-state index is 0.0780. The van der Waals surface area contributed by atoms with Gasteiger partial charge in [0, 0.05) is 31.2 Å². The van der Waals surface area contributed by atoms with Gasteiger partial charge in [0.15, 0.2) is 15.0 Å². The van der Waals surface area contributed by atoms with Crippen LogP contribution in [0.1, 0.15) is 17.5 Å². The van der Waals surface area contributed by atoms with Gasteiger partial charge in [0.05, 0.1) is 28.3 Å². The number of carbonyl (C=O) groups is 1. The van der Waals surface area contributed by atoms with Crippen molar-refractivity contribution in [2.75, 3.05) is 50.0 Å². The van der Waals surface area contributed by atoms with Crippen molar-refractivity contribution in [1.82, 2.24) is 9.88 Å². The Bertz CT molecular complexity index is 1270. The van der Waals surface area contributed by atoms with Crippen molar-refractivity contribution in [3.63, 3.8) is 0 Å². The second-order valence-electron chi connectivity index (χ2n) is 8.49. The second kappa shape index (κ2) is 10.7. The summed E-state index contributed by atoms with van der Waals surface area (Å²) >= 11 is 7.31. The summed E-state index contributed by atoms with van der Waals surface area (Å²) in [5.41, 5.74) is 3.00. The molecule has 0 bridgehead atoms. The van der Waals surface area contributed by atoms with Crippen molar-refractivity contribution in [3.8, 4) is 0 Å². The smallest absolute Gasteiger partial charge is 0.244 e. The molecule has 2 aromatic carbocycles. The maximum atomic E-state index is 13.4. The highest BCUT2D eigenvalue weighted by molar-refractivity contribution is 7.92. The molecule has 1 aromatic heterocycles. The van der Waals surface area contributed by atoms with Crippen LogP contribution in [0.3, 0.4) is 0 Å². The molecule has 2 heterocycles. The number of benzene rings is 2. The topological polar surface area (TPSA) is 79.8 Å². The highest BCUT2D eigenvalue weighted by Crippen LogP contribution is 2.32. The molecule has 10 heteroatoms. The third-order valence-corrected chi connectivity index (χ3v) is 8.69. The van der Waals surface area contributed by atoms with Gasteiger partial charge in [0.2, 0.25) is 5.91 Å². The number of nitrogens with zero attached hydrogens (tertiary/aromatic N) is 3. The van der Waals surface area contributed by atoms with Crippen LogP contribution in [0.5, 0.6) is 0 Å². The molecule has 1 aliphatic rings. The van der Waals surface area contributed by atoms with E-state index in [0.29, 0.717) is 36.3 Å². The van der Waals surface area contributed by atoms with Gasteiger partial charge < -0.3 is 4.74 Å².